The molecule has 9 heavy (non-hydrogen) atoms. The molecular formula is C6H11FIN. The molecule has 0 aromatic carbocycles. The Kier molecular flexibility index (Phi) is 3.01. The quantitative estimate of drug-likeness (QED) is 0.569. The van der Waals surface area contributed by atoms with Crippen LogP contribution in [0.3, 0.4) is 0 Å². The number of hydrogen-bond acceptors (Lipinski definition) is 1. The van der Waals surface area contributed by atoms with Crippen molar-refractivity contribution < 1.29 is 4.39 Å². The molecule has 1 rings (SSSR count). The summed E-state index contributed by atoms with van der Waals surface area (Å²) in [5.41, 5.74) is 0. The van der Waals surface area contributed by atoms with Gasteiger partial charge in [-0.1, -0.05) is 0 Å². The first-order valence-electron chi connectivity index (χ1n) is 3.22. The van der Waals surface area contributed by atoms with Crippen LogP contribution in [0.15, 0.2) is 0 Å². The molecule has 0 aromatic heterocycles. The second-order valence-corrected chi connectivity index (χ2v) is 4.92. The van der Waals surface area contributed by atoms with E-state index in [-0.39, 0.29) is 27.7 Å². The molecule has 3 heteroatoms. The minimum atomic E-state index is -0.346. The van der Waals surface area contributed by atoms with Crippen LogP contribution in [-0.2, 0) is 0 Å². The summed E-state index contributed by atoms with van der Waals surface area (Å²) in [4.78, 5) is 0. The molecule has 2 atom stereocenters. The summed E-state index contributed by atoms with van der Waals surface area (Å²) >= 11 is -0.346. The molecule has 0 bridgehead atoms. The smallest absolute Gasteiger partial charge is 0.0922 e. The largest absolute Gasteiger partial charge is 0.278 e. The maximum Gasteiger partial charge on any atom is 0.0922 e. The molecule has 0 radical (unpaired) electrons. The Morgan fingerprint density at radius 3 is 2.67 bits per heavy atom. The van der Waals surface area contributed by atoms with Crippen molar-refractivity contribution in [2.24, 2.45) is 5.92 Å². The topological polar surface area (TPSA) is 23.9 Å². The van der Waals surface area contributed by atoms with Gasteiger partial charge in [0.15, 0.2) is 0 Å². The highest BCUT2D eigenvalue weighted by Crippen LogP contribution is 2.33. The van der Waals surface area contributed by atoms with Gasteiger partial charge in [-0.15, -0.1) is 0 Å². The fraction of sp³-hybridized carbons (Fsp3) is 1.00. The van der Waals surface area contributed by atoms with Gasteiger partial charge in [0.25, 0.3) is 0 Å². The third-order valence-corrected chi connectivity index (χ3v) is 3.86. The molecular weight excluding hydrogens is 232 g/mol. The van der Waals surface area contributed by atoms with Gasteiger partial charge >= 0.3 is 0 Å². The fourth-order valence-electron chi connectivity index (χ4n) is 1.25. The highest BCUT2D eigenvalue weighted by molar-refractivity contribution is 14.1. The number of nitrogens with one attached hydrogen (secondary N) is 1. The van der Waals surface area contributed by atoms with Crippen LogP contribution < -0.4 is 0 Å². The SMILES string of the molecule is N=IC1CC[C@@H](CF)C1. The summed E-state index contributed by atoms with van der Waals surface area (Å²) in [6, 6.07) is 0. The van der Waals surface area contributed by atoms with E-state index in [0.29, 0.717) is 9.84 Å². The van der Waals surface area contributed by atoms with Crippen molar-refractivity contribution in [1.29, 1.82) is 3.56 Å². The van der Waals surface area contributed by atoms with E-state index in [1.807, 2.05) is 0 Å². The van der Waals surface area contributed by atoms with Gasteiger partial charge < -0.3 is 0 Å². The Bertz CT molecular complexity index is 107. The van der Waals surface area contributed by atoms with E-state index in [9.17, 15) is 4.39 Å². The van der Waals surface area contributed by atoms with Crippen molar-refractivity contribution in [3.05, 3.63) is 0 Å². The van der Waals surface area contributed by atoms with Crippen LogP contribution in [0.1, 0.15) is 19.3 Å². The number of halogens is 2. The van der Waals surface area contributed by atoms with Crippen molar-refractivity contribution >= 4 is 21.0 Å². The zero-order chi connectivity index (χ0) is 6.69. The van der Waals surface area contributed by atoms with Crippen molar-refractivity contribution in [3.8, 4) is 0 Å². The normalized spacial score (nSPS) is 35.2. The number of hydrogen-bond donors (Lipinski definition) is 1. The molecule has 1 N–H and O–H groups in total. The molecule has 1 aliphatic carbocycles. The summed E-state index contributed by atoms with van der Waals surface area (Å²) in [6.45, 7) is -0.153. The van der Waals surface area contributed by atoms with Crippen LogP contribution in [0.5, 0.6) is 0 Å². The fourth-order valence-corrected chi connectivity index (χ4v) is 2.90. The van der Waals surface area contributed by atoms with Crippen LogP contribution in [0.2, 0.25) is 0 Å². The maximum atomic E-state index is 12.0. The third kappa shape index (κ3) is 1.95. The Hall–Kier alpha value is 0.460. The third-order valence-electron chi connectivity index (χ3n) is 1.85. The van der Waals surface area contributed by atoms with Crippen LogP contribution in [0.25, 0.3) is 0 Å². The predicted octanol–water partition coefficient (Wildman–Crippen LogP) is 2.86. The summed E-state index contributed by atoms with van der Waals surface area (Å²) in [5.74, 6) is 0.319. The van der Waals surface area contributed by atoms with Crippen LogP contribution in [-0.4, -0.2) is 10.6 Å². The van der Waals surface area contributed by atoms with Crippen molar-refractivity contribution in [2.45, 2.75) is 23.2 Å². The van der Waals surface area contributed by atoms with E-state index in [4.69, 9.17) is 3.56 Å². The van der Waals surface area contributed by atoms with E-state index in [1.54, 1.807) is 0 Å². The Morgan fingerprint density at radius 1 is 1.56 bits per heavy atom. The lowest BCUT2D eigenvalue weighted by Gasteiger charge is -1.99. The van der Waals surface area contributed by atoms with Gasteiger partial charge in [-0.3, -0.25) is 7.95 Å². The van der Waals surface area contributed by atoms with E-state index in [1.165, 1.54) is 0 Å². The van der Waals surface area contributed by atoms with Gasteiger partial charge in [-0.05, 0) is 46.2 Å². The maximum absolute atomic E-state index is 12.0. The monoisotopic (exact) mass is 243 g/mol. The molecule has 1 saturated carbocycles. The lowest BCUT2D eigenvalue weighted by Crippen LogP contribution is -1.96. The van der Waals surface area contributed by atoms with E-state index in [2.05, 4.69) is 0 Å². The van der Waals surface area contributed by atoms with Crippen molar-refractivity contribution in [3.63, 3.8) is 0 Å². The van der Waals surface area contributed by atoms with Gasteiger partial charge in [0.2, 0.25) is 0 Å². The molecule has 0 spiro atoms. The molecule has 1 aliphatic rings. The summed E-state index contributed by atoms with van der Waals surface area (Å²) in [5, 5.41) is 0. The van der Waals surface area contributed by atoms with E-state index < -0.39 is 0 Å². The lowest BCUT2D eigenvalue weighted by molar-refractivity contribution is 0.369. The van der Waals surface area contributed by atoms with Gasteiger partial charge in [0, 0.05) is 3.92 Å². The first-order chi connectivity index (χ1) is 4.36. The van der Waals surface area contributed by atoms with Crippen LogP contribution >= 0.6 is 21.0 Å². The number of rotatable bonds is 2. The van der Waals surface area contributed by atoms with Crippen LogP contribution in [0.4, 0.5) is 4.39 Å². The molecule has 1 fully saturated rings. The molecule has 0 heterocycles. The molecule has 0 aliphatic heterocycles. The zero-order valence-corrected chi connectivity index (χ0v) is 7.40. The van der Waals surface area contributed by atoms with Crippen molar-refractivity contribution in [2.75, 3.05) is 6.67 Å². The average Bonchev–Trinajstić information content (AvgIpc) is 2.34. The minimum absolute atomic E-state index is 0.153. The predicted molar refractivity (Wildman–Crippen MR) is 43.8 cm³/mol. The summed E-state index contributed by atoms with van der Waals surface area (Å²) in [6.07, 6.45) is 3.18. The highest BCUT2D eigenvalue weighted by Gasteiger charge is 2.22. The van der Waals surface area contributed by atoms with Gasteiger partial charge in [0.1, 0.15) is 0 Å². The second-order valence-electron chi connectivity index (χ2n) is 2.54. The average molecular weight is 243 g/mol. The van der Waals surface area contributed by atoms with Gasteiger partial charge in [-0.2, -0.15) is 0 Å². The first-order valence-corrected chi connectivity index (χ1v) is 5.54. The minimum Gasteiger partial charge on any atom is -0.278 e. The van der Waals surface area contributed by atoms with E-state index in [0.717, 1.165) is 19.3 Å². The standard InChI is InChI=1S/C6H11FIN/c7-4-5-1-2-6(3-5)8-9/h5-6,9H,1-4H2/t5-,6?/m1/s1. The van der Waals surface area contributed by atoms with Gasteiger partial charge in [-0.25, -0.2) is 0 Å². The molecule has 1 unspecified atom stereocenters. The van der Waals surface area contributed by atoms with Crippen LogP contribution in [0, 0.1) is 9.48 Å². The second kappa shape index (κ2) is 3.58. The number of alkyl halides is 2. The molecule has 1 nitrogen and oxygen atoms in total. The molecule has 54 valence electrons. The Labute approximate surface area is 65.0 Å². The Balaban J connectivity index is 2.28. The van der Waals surface area contributed by atoms with Crippen molar-refractivity contribution in [1.82, 2.24) is 0 Å². The molecule has 0 amide bonds. The molecule has 0 saturated heterocycles. The summed E-state index contributed by atoms with van der Waals surface area (Å²) in [7, 11) is 0. The zero-order valence-electron chi connectivity index (χ0n) is 5.24. The highest BCUT2D eigenvalue weighted by atomic mass is 127. The lowest BCUT2D eigenvalue weighted by atomic mass is 10.1. The summed E-state index contributed by atoms with van der Waals surface area (Å²) < 4.78 is 19.7. The van der Waals surface area contributed by atoms with E-state index >= 15 is 0 Å². The molecule has 0 aromatic rings. The van der Waals surface area contributed by atoms with Gasteiger partial charge in [0.05, 0.1) is 6.67 Å². The first kappa shape index (κ1) is 7.57. The Morgan fingerprint density at radius 2 is 2.33 bits per heavy atom.